The maximum absolute atomic E-state index is 5.89. The third-order valence-corrected chi connectivity index (χ3v) is 3.95. The van der Waals surface area contributed by atoms with Crippen molar-refractivity contribution in [3.05, 3.63) is 53.7 Å². The fourth-order valence-electron chi connectivity index (χ4n) is 2.43. The van der Waals surface area contributed by atoms with E-state index in [9.17, 15) is 0 Å². The maximum atomic E-state index is 5.89. The van der Waals surface area contributed by atoms with E-state index in [2.05, 4.69) is 36.3 Å². The predicted octanol–water partition coefficient (Wildman–Crippen LogP) is 3.65. The van der Waals surface area contributed by atoms with Crippen LogP contribution in [-0.4, -0.2) is 4.98 Å². The van der Waals surface area contributed by atoms with Gasteiger partial charge in [0.2, 0.25) is 0 Å². The van der Waals surface area contributed by atoms with Gasteiger partial charge in [0.05, 0.1) is 6.54 Å². The standard InChI is InChI=1S/C16H20N2O/c1-11-9-15(11)16-4-3-14(19-16)10-18-12(2)13-5-7-17-8-6-13/h3-8,11-12,15,18H,9-10H2,1-2H3/t11?,12-,15?/m1/s1. The lowest BCUT2D eigenvalue weighted by Gasteiger charge is -2.12. The van der Waals surface area contributed by atoms with Crippen LogP contribution in [0.15, 0.2) is 41.1 Å². The molecule has 3 heteroatoms. The van der Waals surface area contributed by atoms with Crippen LogP contribution in [0.5, 0.6) is 0 Å². The Balaban J connectivity index is 1.56. The Morgan fingerprint density at radius 1 is 1.32 bits per heavy atom. The minimum atomic E-state index is 0.302. The van der Waals surface area contributed by atoms with Crippen LogP contribution in [-0.2, 0) is 6.54 Å². The summed E-state index contributed by atoms with van der Waals surface area (Å²) in [6.07, 6.45) is 4.92. The van der Waals surface area contributed by atoms with Gasteiger partial charge in [-0.3, -0.25) is 4.98 Å². The third-order valence-electron chi connectivity index (χ3n) is 3.95. The lowest BCUT2D eigenvalue weighted by molar-refractivity contribution is 0.430. The molecule has 0 aliphatic heterocycles. The Morgan fingerprint density at radius 2 is 2.05 bits per heavy atom. The van der Waals surface area contributed by atoms with E-state index in [1.807, 2.05) is 24.5 Å². The van der Waals surface area contributed by atoms with Gasteiger partial charge in [0, 0.05) is 24.4 Å². The number of aromatic nitrogens is 1. The molecule has 1 fully saturated rings. The van der Waals surface area contributed by atoms with Gasteiger partial charge >= 0.3 is 0 Å². The van der Waals surface area contributed by atoms with Gasteiger partial charge < -0.3 is 9.73 Å². The SMILES string of the molecule is CC1CC1c1ccc(CN[C@H](C)c2ccncc2)o1. The largest absolute Gasteiger partial charge is 0.464 e. The molecule has 100 valence electrons. The highest BCUT2D eigenvalue weighted by Crippen LogP contribution is 2.47. The molecule has 0 spiro atoms. The van der Waals surface area contributed by atoms with Crippen LogP contribution in [0.4, 0.5) is 0 Å². The molecule has 0 radical (unpaired) electrons. The van der Waals surface area contributed by atoms with E-state index in [0.29, 0.717) is 12.0 Å². The molecule has 3 atom stereocenters. The van der Waals surface area contributed by atoms with Gasteiger partial charge in [-0.1, -0.05) is 6.92 Å². The van der Waals surface area contributed by atoms with Crippen molar-refractivity contribution in [2.45, 2.75) is 38.8 Å². The molecule has 2 heterocycles. The van der Waals surface area contributed by atoms with Crippen molar-refractivity contribution in [3.63, 3.8) is 0 Å². The van der Waals surface area contributed by atoms with E-state index in [1.54, 1.807) is 0 Å². The molecule has 1 N–H and O–H groups in total. The average molecular weight is 256 g/mol. The summed E-state index contributed by atoms with van der Waals surface area (Å²) in [6.45, 7) is 5.20. The van der Waals surface area contributed by atoms with Crippen molar-refractivity contribution < 1.29 is 4.42 Å². The van der Waals surface area contributed by atoms with Crippen LogP contribution >= 0.6 is 0 Å². The number of nitrogens with zero attached hydrogens (tertiary/aromatic N) is 1. The van der Waals surface area contributed by atoms with Crippen molar-refractivity contribution in [2.24, 2.45) is 5.92 Å². The molecule has 1 saturated carbocycles. The van der Waals surface area contributed by atoms with Crippen LogP contribution in [0.1, 0.15) is 49.3 Å². The molecule has 0 amide bonds. The van der Waals surface area contributed by atoms with E-state index in [0.717, 1.165) is 24.0 Å². The van der Waals surface area contributed by atoms with E-state index in [-0.39, 0.29) is 0 Å². The lowest BCUT2D eigenvalue weighted by Crippen LogP contribution is -2.17. The minimum absolute atomic E-state index is 0.302. The summed E-state index contributed by atoms with van der Waals surface area (Å²) in [5, 5.41) is 3.48. The fraction of sp³-hybridized carbons (Fsp3) is 0.438. The summed E-state index contributed by atoms with van der Waals surface area (Å²) < 4.78 is 5.89. The summed E-state index contributed by atoms with van der Waals surface area (Å²) >= 11 is 0. The highest BCUT2D eigenvalue weighted by Gasteiger charge is 2.36. The van der Waals surface area contributed by atoms with E-state index in [4.69, 9.17) is 4.42 Å². The molecule has 2 unspecified atom stereocenters. The normalized spacial score (nSPS) is 23.3. The first-order valence-corrected chi connectivity index (χ1v) is 6.96. The van der Waals surface area contributed by atoms with E-state index >= 15 is 0 Å². The molecule has 0 bridgehead atoms. The molecule has 2 aromatic rings. The topological polar surface area (TPSA) is 38.1 Å². The summed E-state index contributed by atoms with van der Waals surface area (Å²) in [7, 11) is 0. The molecular weight excluding hydrogens is 236 g/mol. The average Bonchev–Trinajstić information content (AvgIpc) is 3.00. The molecule has 3 rings (SSSR count). The molecule has 2 aromatic heterocycles. The minimum Gasteiger partial charge on any atom is -0.464 e. The number of nitrogens with one attached hydrogen (secondary N) is 1. The predicted molar refractivity (Wildman–Crippen MR) is 74.7 cm³/mol. The van der Waals surface area contributed by atoms with Gasteiger partial charge in [0.1, 0.15) is 11.5 Å². The van der Waals surface area contributed by atoms with Crippen molar-refractivity contribution in [3.8, 4) is 0 Å². The summed E-state index contributed by atoms with van der Waals surface area (Å²) in [6, 6.07) is 8.60. The molecular formula is C16H20N2O. The van der Waals surface area contributed by atoms with Crippen LogP contribution in [0.2, 0.25) is 0 Å². The molecule has 0 aromatic carbocycles. The first kappa shape index (κ1) is 12.4. The van der Waals surface area contributed by atoms with Gasteiger partial charge in [-0.25, -0.2) is 0 Å². The van der Waals surface area contributed by atoms with Crippen molar-refractivity contribution in [2.75, 3.05) is 0 Å². The second-order valence-corrected chi connectivity index (χ2v) is 5.51. The molecule has 1 aliphatic rings. The highest BCUT2D eigenvalue weighted by atomic mass is 16.3. The Labute approximate surface area is 114 Å². The fourth-order valence-corrected chi connectivity index (χ4v) is 2.43. The number of hydrogen-bond donors (Lipinski definition) is 1. The Morgan fingerprint density at radius 3 is 2.74 bits per heavy atom. The lowest BCUT2D eigenvalue weighted by atomic mass is 10.1. The number of rotatable bonds is 5. The van der Waals surface area contributed by atoms with Crippen LogP contribution in [0.3, 0.4) is 0 Å². The quantitative estimate of drug-likeness (QED) is 0.887. The molecule has 19 heavy (non-hydrogen) atoms. The van der Waals surface area contributed by atoms with Gasteiger partial charge in [-0.15, -0.1) is 0 Å². The van der Waals surface area contributed by atoms with Gasteiger partial charge in [0.15, 0.2) is 0 Å². The van der Waals surface area contributed by atoms with Gasteiger partial charge in [-0.2, -0.15) is 0 Å². The smallest absolute Gasteiger partial charge is 0.117 e. The van der Waals surface area contributed by atoms with Crippen molar-refractivity contribution in [1.82, 2.24) is 10.3 Å². The van der Waals surface area contributed by atoms with Crippen LogP contribution < -0.4 is 5.32 Å². The number of furan rings is 1. The maximum Gasteiger partial charge on any atom is 0.117 e. The number of hydrogen-bond acceptors (Lipinski definition) is 3. The summed E-state index contributed by atoms with van der Waals surface area (Å²) in [5.41, 5.74) is 1.25. The van der Waals surface area contributed by atoms with E-state index in [1.165, 1.54) is 12.0 Å². The number of pyridine rings is 1. The first-order valence-electron chi connectivity index (χ1n) is 6.96. The Bertz CT molecular complexity index is 535. The molecule has 0 saturated heterocycles. The zero-order valence-corrected chi connectivity index (χ0v) is 11.5. The van der Waals surface area contributed by atoms with Gasteiger partial charge in [-0.05, 0) is 49.1 Å². The Hall–Kier alpha value is -1.61. The van der Waals surface area contributed by atoms with Crippen LogP contribution in [0.25, 0.3) is 0 Å². The van der Waals surface area contributed by atoms with Crippen LogP contribution in [0, 0.1) is 5.92 Å². The monoisotopic (exact) mass is 256 g/mol. The van der Waals surface area contributed by atoms with Crippen molar-refractivity contribution >= 4 is 0 Å². The second kappa shape index (κ2) is 5.17. The Kier molecular flexibility index (Phi) is 3.38. The van der Waals surface area contributed by atoms with Gasteiger partial charge in [0.25, 0.3) is 0 Å². The molecule has 1 aliphatic carbocycles. The summed E-state index contributed by atoms with van der Waals surface area (Å²) in [4.78, 5) is 4.04. The zero-order valence-electron chi connectivity index (χ0n) is 11.5. The second-order valence-electron chi connectivity index (χ2n) is 5.51. The highest BCUT2D eigenvalue weighted by molar-refractivity contribution is 5.18. The first-order chi connectivity index (χ1) is 9.24. The zero-order chi connectivity index (χ0) is 13.2. The van der Waals surface area contributed by atoms with Crippen molar-refractivity contribution in [1.29, 1.82) is 0 Å². The van der Waals surface area contributed by atoms with E-state index < -0.39 is 0 Å². The summed E-state index contributed by atoms with van der Waals surface area (Å²) in [5.74, 6) is 3.63. The molecule has 3 nitrogen and oxygen atoms in total. The third kappa shape index (κ3) is 2.87.